The molecule has 0 radical (unpaired) electrons. The highest BCUT2D eigenvalue weighted by molar-refractivity contribution is 6.02. The van der Waals surface area contributed by atoms with Crippen LogP contribution in [0.25, 0.3) is 0 Å². The molecule has 0 aromatic heterocycles. The van der Waals surface area contributed by atoms with Gasteiger partial charge in [-0.3, -0.25) is 24.2 Å². The average molecular weight is 329 g/mol. The van der Waals surface area contributed by atoms with Crippen LogP contribution in [0.3, 0.4) is 0 Å². The highest BCUT2D eigenvalue weighted by Crippen LogP contribution is 2.33. The van der Waals surface area contributed by atoms with Gasteiger partial charge in [-0.05, 0) is 18.4 Å². The monoisotopic (exact) mass is 329 g/mol. The molecule has 126 valence electrons. The van der Waals surface area contributed by atoms with Crippen molar-refractivity contribution in [2.45, 2.75) is 44.5 Å². The molecule has 0 saturated carbocycles. The van der Waals surface area contributed by atoms with E-state index in [9.17, 15) is 14.4 Å². The van der Waals surface area contributed by atoms with E-state index in [4.69, 9.17) is 4.84 Å². The van der Waals surface area contributed by atoms with E-state index in [2.05, 4.69) is 0 Å². The predicted octanol–water partition coefficient (Wildman–Crippen LogP) is 1.49. The summed E-state index contributed by atoms with van der Waals surface area (Å²) < 4.78 is 0. The van der Waals surface area contributed by atoms with Crippen molar-refractivity contribution >= 4 is 17.8 Å². The fourth-order valence-corrected chi connectivity index (χ4v) is 3.69. The van der Waals surface area contributed by atoms with Crippen LogP contribution in [-0.2, 0) is 21.0 Å². The Morgan fingerprint density at radius 1 is 1.00 bits per heavy atom. The smallest absolute Gasteiger partial charge is 0.300 e. The SMILES string of the molecule is O=C1N2C[C@@H](CC[C@H]2N2C(=O)CCC2=O)N1OCc1ccccc1. The second-order valence-corrected chi connectivity index (χ2v) is 6.39. The second kappa shape index (κ2) is 5.90. The number of hydroxylamine groups is 2. The van der Waals surface area contributed by atoms with Crippen molar-refractivity contribution in [2.75, 3.05) is 6.54 Å². The first-order valence-corrected chi connectivity index (χ1v) is 8.26. The maximum Gasteiger partial charge on any atom is 0.346 e. The number of urea groups is 1. The van der Waals surface area contributed by atoms with Crippen LogP contribution in [0.1, 0.15) is 31.2 Å². The van der Waals surface area contributed by atoms with Gasteiger partial charge in [0.15, 0.2) is 0 Å². The lowest BCUT2D eigenvalue weighted by molar-refractivity contribution is -0.145. The normalized spacial score (nSPS) is 26.7. The molecular formula is C17H19N3O4. The number of hydrogen-bond donors (Lipinski definition) is 0. The molecule has 3 saturated heterocycles. The van der Waals surface area contributed by atoms with Gasteiger partial charge in [0.05, 0.1) is 6.04 Å². The summed E-state index contributed by atoms with van der Waals surface area (Å²) >= 11 is 0. The molecule has 0 unspecified atom stereocenters. The van der Waals surface area contributed by atoms with Crippen LogP contribution in [0.2, 0.25) is 0 Å². The van der Waals surface area contributed by atoms with Crippen molar-refractivity contribution in [3.8, 4) is 0 Å². The molecule has 24 heavy (non-hydrogen) atoms. The fourth-order valence-electron chi connectivity index (χ4n) is 3.69. The van der Waals surface area contributed by atoms with Gasteiger partial charge in [0, 0.05) is 19.4 Å². The van der Waals surface area contributed by atoms with Crippen molar-refractivity contribution in [2.24, 2.45) is 0 Å². The minimum Gasteiger partial charge on any atom is -0.300 e. The summed E-state index contributed by atoms with van der Waals surface area (Å²) in [5, 5.41) is 1.41. The molecule has 0 N–H and O–H groups in total. The van der Waals surface area contributed by atoms with E-state index in [1.54, 1.807) is 4.90 Å². The third kappa shape index (κ3) is 2.45. The van der Waals surface area contributed by atoms with Gasteiger partial charge in [0.25, 0.3) is 0 Å². The summed E-state index contributed by atoms with van der Waals surface area (Å²) in [6.45, 7) is 0.818. The maximum atomic E-state index is 12.7. The number of imide groups is 1. The quantitative estimate of drug-likeness (QED) is 0.785. The van der Waals surface area contributed by atoms with Crippen molar-refractivity contribution < 1.29 is 19.2 Å². The third-order valence-corrected chi connectivity index (χ3v) is 4.89. The molecule has 3 aliphatic rings. The summed E-state index contributed by atoms with van der Waals surface area (Å²) in [5.41, 5.74) is 0.989. The fraction of sp³-hybridized carbons (Fsp3) is 0.471. The molecule has 7 nitrogen and oxygen atoms in total. The van der Waals surface area contributed by atoms with Crippen LogP contribution < -0.4 is 0 Å². The zero-order valence-corrected chi connectivity index (χ0v) is 13.3. The van der Waals surface area contributed by atoms with Gasteiger partial charge in [-0.2, -0.15) is 5.06 Å². The molecule has 4 amide bonds. The van der Waals surface area contributed by atoms with E-state index in [1.165, 1.54) is 9.96 Å². The largest absolute Gasteiger partial charge is 0.346 e. The molecule has 3 aliphatic heterocycles. The standard InChI is InChI=1S/C17H19N3O4/c21-15-8-9-16(22)19(15)14-7-6-13-10-18(14)17(23)20(13)24-11-12-4-2-1-3-5-12/h1-5,13-14H,6-11H2/t13-,14-/m1/s1. The molecule has 2 atom stereocenters. The van der Waals surface area contributed by atoms with Crippen molar-refractivity contribution in [3.05, 3.63) is 35.9 Å². The molecule has 7 heteroatoms. The maximum absolute atomic E-state index is 12.7. The van der Waals surface area contributed by atoms with Gasteiger partial charge in [0.1, 0.15) is 12.8 Å². The molecule has 3 fully saturated rings. The highest BCUT2D eigenvalue weighted by atomic mass is 16.7. The minimum absolute atomic E-state index is 0.0229. The molecule has 0 spiro atoms. The van der Waals surface area contributed by atoms with Crippen molar-refractivity contribution in [1.29, 1.82) is 0 Å². The van der Waals surface area contributed by atoms with E-state index in [0.29, 0.717) is 19.6 Å². The Balaban J connectivity index is 1.46. The topological polar surface area (TPSA) is 70.2 Å². The number of nitrogens with zero attached hydrogens (tertiary/aromatic N) is 3. The molecule has 1 aromatic rings. The van der Waals surface area contributed by atoms with Gasteiger partial charge in [-0.25, -0.2) is 4.79 Å². The highest BCUT2D eigenvalue weighted by Gasteiger charge is 2.50. The summed E-state index contributed by atoms with van der Waals surface area (Å²) in [4.78, 5) is 45.2. The number of likely N-dealkylation sites (tertiary alicyclic amines) is 1. The van der Waals surface area contributed by atoms with Gasteiger partial charge in [0.2, 0.25) is 11.8 Å². The van der Waals surface area contributed by atoms with Crippen LogP contribution in [0.4, 0.5) is 4.79 Å². The zero-order chi connectivity index (χ0) is 16.7. The van der Waals surface area contributed by atoms with Crippen LogP contribution in [0.15, 0.2) is 30.3 Å². The van der Waals surface area contributed by atoms with E-state index < -0.39 is 6.17 Å². The third-order valence-electron chi connectivity index (χ3n) is 4.89. The Labute approximate surface area is 139 Å². The number of fused-ring (bicyclic) bond motifs is 2. The Morgan fingerprint density at radius 2 is 1.71 bits per heavy atom. The first kappa shape index (κ1) is 15.1. The van der Waals surface area contributed by atoms with Crippen molar-refractivity contribution in [1.82, 2.24) is 14.9 Å². The Morgan fingerprint density at radius 3 is 2.42 bits per heavy atom. The van der Waals surface area contributed by atoms with Crippen LogP contribution >= 0.6 is 0 Å². The van der Waals surface area contributed by atoms with E-state index in [0.717, 1.165) is 12.0 Å². The number of carbonyl (C=O) groups excluding carboxylic acids is 3. The second-order valence-electron chi connectivity index (χ2n) is 6.39. The molecular weight excluding hydrogens is 310 g/mol. The summed E-state index contributed by atoms with van der Waals surface area (Å²) in [7, 11) is 0. The lowest BCUT2D eigenvalue weighted by Crippen LogP contribution is -2.53. The summed E-state index contributed by atoms with van der Waals surface area (Å²) in [6, 6.07) is 9.38. The van der Waals surface area contributed by atoms with Crippen LogP contribution in [0.5, 0.6) is 0 Å². The first-order chi connectivity index (χ1) is 11.6. The van der Waals surface area contributed by atoms with Crippen molar-refractivity contribution in [3.63, 3.8) is 0 Å². The van der Waals surface area contributed by atoms with Crippen LogP contribution in [0, 0.1) is 0 Å². The molecule has 3 heterocycles. The van der Waals surface area contributed by atoms with E-state index in [-0.39, 0.29) is 36.7 Å². The lowest BCUT2D eigenvalue weighted by Gasteiger charge is -2.35. The number of hydrogen-bond acceptors (Lipinski definition) is 4. The van der Waals surface area contributed by atoms with Gasteiger partial charge < -0.3 is 0 Å². The van der Waals surface area contributed by atoms with Crippen LogP contribution in [-0.4, -0.2) is 51.5 Å². The summed E-state index contributed by atoms with van der Waals surface area (Å²) in [5.74, 6) is -0.361. The van der Waals surface area contributed by atoms with Gasteiger partial charge in [-0.15, -0.1) is 0 Å². The first-order valence-electron chi connectivity index (χ1n) is 8.26. The predicted molar refractivity (Wildman–Crippen MR) is 83.1 cm³/mol. The van der Waals surface area contributed by atoms with E-state index >= 15 is 0 Å². The average Bonchev–Trinajstić information content (AvgIpc) is 3.06. The number of amides is 4. The molecule has 1 aromatic carbocycles. The lowest BCUT2D eigenvalue weighted by atomic mass is 10.1. The van der Waals surface area contributed by atoms with Gasteiger partial charge in [-0.1, -0.05) is 30.3 Å². The number of carbonyl (C=O) groups is 3. The zero-order valence-electron chi connectivity index (χ0n) is 13.3. The molecule has 0 aliphatic carbocycles. The Bertz CT molecular complexity index is 662. The minimum atomic E-state index is -0.457. The molecule has 2 bridgehead atoms. The Hall–Kier alpha value is -2.41. The molecule has 4 rings (SSSR count). The summed E-state index contributed by atoms with van der Waals surface area (Å²) in [6.07, 6.45) is 1.36. The Kier molecular flexibility index (Phi) is 3.72. The van der Waals surface area contributed by atoms with Gasteiger partial charge >= 0.3 is 6.03 Å². The number of rotatable bonds is 4. The van der Waals surface area contributed by atoms with E-state index in [1.807, 2.05) is 30.3 Å². The number of piperidine rings is 1. The number of benzene rings is 1.